The number of amides is 1. The minimum atomic E-state index is -0.826. The molecule has 0 saturated carbocycles. The molecular formula is C23H23N5O6. The van der Waals surface area contributed by atoms with Crippen molar-refractivity contribution in [1.82, 2.24) is 19.5 Å². The van der Waals surface area contributed by atoms with Gasteiger partial charge in [-0.15, -0.1) is 0 Å². The zero-order valence-corrected chi connectivity index (χ0v) is 19.0. The van der Waals surface area contributed by atoms with Gasteiger partial charge in [-0.2, -0.15) is 0 Å². The molecule has 0 saturated heterocycles. The number of benzene rings is 2. The van der Waals surface area contributed by atoms with Crippen molar-refractivity contribution in [2.24, 2.45) is 5.73 Å². The Hall–Kier alpha value is -4.54. The number of ether oxygens (including phenoxy) is 4. The predicted octanol–water partition coefficient (Wildman–Crippen LogP) is 2.30. The van der Waals surface area contributed by atoms with Crippen molar-refractivity contribution in [3.8, 4) is 40.1 Å². The van der Waals surface area contributed by atoms with Gasteiger partial charge >= 0.3 is 5.69 Å². The van der Waals surface area contributed by atoms with Crippen LogP contribution in [-0.4, -0.2) is 53.4 Å². The summed E-state index contributed by atoms with van der Waals surface area (Å²) in [6.45, 7) is 2.23. The number of aromatic amines is 1. The van der Waals surface area contributed by atoms with Gasteiger partial charge in [-0.05, 0) is 31.2 Å². The van der Waals surface area contributed by atoms with E-state index in [1.54, 1.807) is 36.4 Å². The van der Waals surface area contributed by atoms with Crippen LogP contribution in [0.4, 0.5) is 0 Å². The maximum atomic E-state index is 13.0. The summed E-state index contributed by atoms with van der Waals surface area (Å²) in [4.78, 5) is 36.8. The smallest absolute Gasteiger partial charge is 0.332 e. The minimum absolute atomic E-state index is 0.111. The molecule has 0 fully saturated rings. The molecule has 0 bridgehead atoms. The third-order valence-corrected chi connectivity index (χ3v) is 5.10. The number of para-hydroxylation sites is 2. The number of nitrogens with one attached hydrogen (secondary N) is 1. The molecule has 4 rings (SSSR count). The van der Waals surface area contributed by atoms with Crippen LogP contribution in [0, 0.1) is 0 Å². The number of hydrogen-bond donors (Lipinski definition) is 2. The number of carbonyl (C=O) groups is 1. The first kappa shape index (κ1) is 22.6. The summed E-state index contributed by atoms with van der Waals surface area (Å²) in [5.74, 6) is 0.897. The first-order chi connectivity index (χ1) is 16.4. The largest absolute Gasteiger partial charge is 0.493 e. The van der Waals surface area contributed by atoms with Crippen LogP contribution in [0.1, 0.15) is 17.4 Å². The van der Waals surface area contributed by atoms with Crippen LogP contribution in [0.2, 0.25) is 0 Å². The highest BCUT2D eigenvalue weighted by Crippen LogP contribution is 2.40. The fourth-order valence-electron chi connectivity index (χ4n) is 3.65. The second-order valence-corrected chi connectivity index (χ2v) is 7.04. The number of nitrogens with zero attached hydrogens (tertiary/aromatic N) is 3. The first-order valence-electron chi connectivity index (χ1n) is 10.3. The molecule has 0 atom stereocenters. The van der Waals surface area contributed by atoms with Gasteiger partial charge in [0.2, 0.25) is 5.75 Å². The van der Waals surface area contributed by atoms with Gasteiger partial charge in [0.05, 0.1) is 33.6 Å². The second kappa shape index (κ2) is 9.14. The van der Waals surface area contributed by atoms with Gasteiger partial charge in [-0.1, -0.05) is 12.1 Å². The Kier molecular flexibility index (Phi) is 6.09. The summed E-state index contributed by atoms with van der Waals surface area (Å²) in [5.41, 5.74) is 6.11. The molecule has 34 heavy (non-hydrogen) atoms. The van der Waals surface area contributed by atoms with Crippen LogP contribution in [0.3, 0.4) is 0 Å². The Morgan fingerprint density at radius 1 is 1.03 bits per heavy atom. The Balaban J connectivity index is 2.05. The number of methoxy groups -OCH3 is 3. The molecule has 4 aromatic rings. The van der Waals surface area contributed by atoms with E-state index < -0.39 is 11.6 Å². The normalized spacial score (nSPS) is 10.8. The number of aromatic nitrogens is 4. The van der Waals surface area contributed by atoms with E-state index in [0.717, 1.165) is 0 Å². The SMILES string of the molecule is CCOc1ccccc1-n1c(=O)[nH]c2c(C(N)=O)nc(-c3cc(OC)c(OC)c(OC)c3)nc21. The molecule has 2 aromatic carbocycles. The van der Waals surface area contributed by atoms with Gasteiger partial charge in [0.25, 0.3) is 5.91 Å². The molecule has 3 N–H and O–H groups in total. The molecule has 0 aliphatic heterocycles. The molecule has 176 valence electrons. The van der Waals surface area contributed by atoms with E-state index in [4.69, 9.17) is 24.7 Å². The Labute approximate surface area is 194 Å². The van der Waals surface area contributed by atoms with Crippen molar-refractivity contribution in [2.45, 2.75) is 6.92 Å². The lowest BCUT2D eigenvalue weighted by atomic mass is 10.1. The van der Waals surface area contributed by atoms with Crippen LogP contribution >= 0.6 is 0 Å². The fraction of sp³-hybridized carbons (Fsp3) is 0.217. The fourth-order valence-corrected chi connectivity index (χ4v) is 3.65. The van der Waals surface area contributed by atoms with Crippen molar-refractivity contribution in [1.29, 1.82) is 0 Å². The molecule has 11 nitrogen and oxygen atoms in total. The summed E-state index contributed by atoms with van der Waals surface area (Å²) in [6, 6.07) is 10.3. The quantitative estimate of drug-likeness (QED) is 0.403. The Bertz CT molecular complexity index is 1420. The average molecular weight is 465 g/mol. The molecule has 2 heterocycles. The van der Waals surface area contributed by atoms with Gasteiger partial charge in [0, 0.05) is 5.56 Å². The number of H-pyrrole nitrogens is 1. The van der Waals surface area contributed by atoms with Crippen LogP contribution in [0.15, 0.2) is 41.2 Å². The van der Waals surface area contributed by atoms with E-state index in [1.165, 1.54) is 25.9 Å². The molecule has 0 aliphatic carbocycles. The van der Waals surface area contributed by atoms with E-state index in [-0.39, 0.29) is 22.7 Å². The standard InChI is InChI=1S/C23H23N5O6/c1-5-34-14-9-7-6-8-13(14)28-22-18(26-23(28)30)17(20(24)29)25-21(27-22)12-10-15(31-2)19(33-4)16(11-12)32-3/h6-11H,5H2,1-4H3,(H2,24,29)(H,26,30). The summed E-state index contributed by atoms with van der Waals surface area (Å²) in [7, 11) is 4.45. The van der Waals surface area contributed by atoms with Crippen LogP contribution in [-0.2, 0) is 0 Å². The number of rotatable bonds is 8. The van der Waals surface area contributed by atoms with Crippen LogP contribution < -0.4 is 30.4 Å². The molecular weight excluding hydrogens is 442 g/mol. The van der Waals surface area contributed by atoms with E-state index in [0.29, 0.717) is 40.9 Å². The van der Waals surface area contributed by atoms with Gasteiger partial charge in [-0.25, -0.2) is 19.3 Å². The number of imidazole rings is 1. The Morgan fingerprint density at radius 2 is 1.71 bits per heavy atom. The maximum absolute atomic E-state index is 13.0. The van der Waals surface area contributed by atoms with Gasteiger partial charge < -0.3 is 29.7 Å². The third-order valence-electron chi connectivity index (χ3n) is 5.10. The van der Waals surface area contributed by atoms with E-state index in [2.05, 4.69) is 15.0 Å². The van der Waals surface area contributed by atoms with E-state index in [9.17, 15) is 9.59 Å². The molecule has 2 aromatic heterocycles. The minimum Gasteiger partial charge on any atom is -0.493 e. The molecule has 1 amide bonds. The van der Waals surface area contributed by atoms with Gasteiger partial charge in [0.15, 0.2) is 28.7 Å². The molecule has 11 heteroatoms. The lowest BCUT2D eigenvalue weighted by Crippen LogP contribution is -2.16. The van der Waals surface area contributed by atoms with Crippen molar-refractivity contribution in [2.75, 3.05) is 27.9 Å². The number of nitrogens with two attached hydrogens (primary N) is 1. The Morgan fingerprint density at radius 3 is 2.29 bits per heavy atom. The first-order valence-corrected chi connectivity index (χ1v) is 10.3. The van der Waals surface area contributed by atoms with E-state index in [1.807, 2.05) is 6.92 Å². The van der Waals surface area contributed by atoms with Crippen molar-refractivity contribution >= 4 is 17.1 Å². The maximum Gasteiger partial charge on any atom is 0.332 e. The van der Waals surface area contributed by atoms with Gasteiger partial charge in [0.1, 0.15) is 11.3 Å². The summed E-state index contributed by atoms with van der Waals surface area (Å²) in [5, 5.41) is 0. The number of hydrogen-bond acceptors (Lipinski definition) is 8. The zero-order chi connectivity index (χ0) is 24.4. The summed E-state index contributed by atoms with van der Waals surface area (Å²) in [6.07, 6.45) is 0. The van der Waals surface area contributed by atoms with Crippen molar-refractivity contribution in [3.05, 3.63) is 52.6 Å². The number of primary amides is 1. The predicted molar refractivity (Wildman–Crippen MR) is 124 cm³/mol. The highest BCUT2D eigenvalue weighted by molar-refractivity contribution is 6.02. The number of carbonyl (C=O) groups excluding carboxylic acids is 1. The van der Waals surface area contributed by atoms with Crippen molar-refractivity contribution < 1.29 is 23.7 Å². The van der Waals surface area contributed by atoms with Crippen molar-refractivity contribution in [3.63, 3.8) is 0 Å². The number of fused-ring (bicyclic) bond motifs is 1. The average Bonchev–Trinajstić information content (AvgIpc) is 3.18. The summed E-state index contributed by atoms with van der Waals surface area (Å²) < 4.78 is 23.2. The second-order valence-electron chi connectivity index (χ2n) is 7.04. The molecule has 0 spiro atoms. The molecule has 0 aliphatic rings. The summed E-state index contributed by atoms with van der Waals surface area (Å²) >= 11 is 0. The molecule has 0 unspecified atom stereocenters. The lowest BCUT2D eigenvalue weighted by Gasteiger charge is -2.14. The zero-order valence-electron chi connectivity index (χ0n) is 19.0. The lowest BCUT2D eigenvalue weighted by molar-refractivity contribution is 0.0997. The topological polar surface area (TPSA) is 144 Å². The van der Waals surface area contributed by atoms with E-state index >= 15 is 0 Å². The van der Waals surface area contributed by atoms with Crippen LogP contribution in [0.5, 0.6) is 23.0 Å². The van der Waals surface area contributed by atoms with Gasteiger partial charge in [-0.3, -0.25) is 4.79 Å². The highest BCUT2D eigenvalue weighted by atomic mass is 16.5. The van der Waals surface area contributed by atoms with Crippen LogP contribution in [0.25, 0.3) is 28.2 Å². The third kappa shape index (κ3) is 3.76. The highest BCUT2D eigenvalue weighted by Gasteiger charge is 2.23. The molecule has 0 radical (unpaired) electrons. The monoisotopic (exact) mass is 465 g/mol.